The van der Waals surface area contributed by atoms with E-state index in [9.17, 15) is 0 Å². The maximum Gasteiger partial charge on any atom is 0.316 e. The van der Waals surface area contributed by atoms with Crippen molar-refractivity contribution in [3.63, 3.8) is 0 Å². The second kappa shape index (κ2) is 9.54. The van der Waals surface area contributed by atoms with Crippen molar-refractivity contribution in [2.45, 2.75) is 20.0 Å². The summed E-state index contributed by atoms with van der Waals surface area (Å²) < 4.78 is 0. The first-order valence-corrected chi connectivity index (χ1v) is 1.41. The highest BCUT2D eigenvalue weighted by Crippen LogP contribution is 1.65. The van der Waals surface area contributed by atoms with E-state index < -0.39 is 0 Å². The predicted molar refractivity (Wildman–Crippen MR) is 35.8 cm³/mol. The zero-order valence-electron chi connectivity index (χ0n) is 3.02. The van der Waals surface area contributed by atoms with Gasteiger partial charge in [-0.05, 0) is 13.8 Å². The zero-order valence-corrected chi connectivity index (χ0v) is 3.02. The lowest BCUT2D eigenvalue weighted by molar-refractivity contribution is 0.216. The van der Waals surface area contributed by atoms with Crippen molar-refractivity contribution < 1.29 is 5.11 Å². The summed E-state index contributed by atoms with van der Waals surface area (Å²) in [6.45, 7) is 3.44. The second-order valence-electron chi connectivity index (χ2n) is 1.09. The average molecular weight is 116 g/mol. The van der Waals surface area contributed by atoms with E-state index in [1.807, 2.05) is 0 Å². The minimum absolute atomic E-state index is 0. The van der Waals surface area contributed by atoms with Gasteiger partial charge in [-0.15, -0.1) is 0 Å². The van der Waals surface area contributed by atoms with Gasteiger partial charge in [0, 0.05) is 6.10 Å². The molecule has 0 aromatic rings. The van der Waals surface area contributed by atoms with E-state index in [0.29, 0.717) is 0 Å². The van der Waals surface area contributed by atoms with Crippen LogP contribution in [0.3, 0.4) is 0 Å². The number of rotatable bonds is 0. The molecular formula is C3H13AlMgO. The Balaban J connectivity index is -0.0000000450. The average Bonchev–Trinajstić information content (AvgIpc) is 0.811. The summed E-state index contributed by atoms with van der Waals surface area (Å²) in [5, 5.41) is 8.06. The van der Waals surface area contributed by atoms with Crippen molar-refractivity contribution in [3.8, 4) is 0 Å². The van der Waals surface area contributed by atoms with E-state index in [0.717, 1.165) is 0 Å². The summed E-state index contributed by atoms with van der Waals surface area (Å²) in [7, 11) is 0. The molecule has 0 heterocycles. The molecule has 0 atom stereocenters. The van der Waals surface area contributed by atoms with Gasteiger partial charge in [0.25, 0.3) is 0 Å². The molecule has 0 spiro atoms. The third kappa shape index (κ3) is 60.2. The maximum atomic E-state index is 8.06. The first-order valence-electron chi connectivity index (χ1n) is 1.41. The molecule has 1 nitrogen and oxygen atoms in total. The Labute approximate surface area is 65.4 Å². The molecule has 0 saturated heterocycles. The van der Waals surface area contributed by atoms with Crippen LogP contribution >= 0.6 is 0 Å². The van der Waals surface area contributed by atoms with E-state index in [1.165, 1.54) is 0 Å². The normalized spacial score (nSPS) is 6.00. The fourth-order valence-electron chi connectivity index (χ4n) is 0. The van der Waals surface area contributed by atoms with Gasteiger partial charge in [-0.2, -0.15) is 0 Å². The standard InChI is InChI=1S/C3H8O.Al.Mg.5H/c1-3(2)4;;;;;;;/h3-4H,1-2H3;;;;;;;. The van der Waals surface area contributed by atoms with Crippen LogP contribution in [0.2, 0.25) is 0 Å². The number of aliphatic hydroxyl groups excluding tert-OH is 1. The molecule has 1 N–H and O–H groups in total. The highest BCUT2D eigenvalue weighted by Gasteiger charge is 1.69. The monoisotopic (exact) mass is 116 g/mol. The summed E-state index contributed by atoms with van der Waals surface area (Å²) in [5.74, 6) is 0. The Morgan fingerprint density at radius 3 is 1.33 bits per heavy atom. The smallest absolute Gasteiger partial charge is 0.316 e. The molecule has 0 saturated carbocycles. The van der Waals surface area contributed by atoms with E-state index >= 15 is 0 Å². The quantitative estimate of drug-likeness (QED) is 0.374. The van der Waals surface area contributed by atoms with Crippen molar-refractivity contribution in [1.29, 1.82) is 0 Å². The maximum absolute atomic E-state index is 8.06. The van der Waals surface area contributed by atoms with Crippen LogP contribution < -0.4 is 0 Å². The molecule has 0 fully saturated rings. The highest BCUT2D eigenvalue weighted by molar-refractivity contribution is 5.76. The van der Waals surface area contributed by atoms with Crippen LogP contribution in [0.4, 0.5) is 0 Å². The molecule has 6 heavy (non-hydrogen) atoms. The van der Waals surface area contributed by atoms with E-state index in [-0.39, 0.29) is 46.5 Å². The summed E-state index contributed by atoms with van der Waals surface area (Å²) in [6, 6.07) is 0. The van der Waals surface area contributed by atoms with Crippen molar-refractivity contribution in [2.75, 3.05) is 0 Å². The SMILES string of the molecule is CC(C)O.[AlH3].[MgH2]. The lowest BCUT2D eigenvalue weighted by atomic mass is 10.5. The van der Waals surface area contributed by atoms with Crippen LogP contribution in [-0.2, 0) is 0 Å². The predicted octanol–water partition coefficient (Wildman–Crippen LogP) is -1.71. The van der Waals surface area contributed by atoms with Crippen molar-refractivity contribution >= 4 is 40.4 Å². The second-order valence-corrected chi connectivity index (χ2v) is 1.09. The van der Waals surface area contributed by atoms with Gasteiger partial charge in [0.05, 0.1) is 0 Å². The van der Waals surface area contributed by atoms with Gasteiger partial charge in [0.2, 0.25) is 0 Å². The van der Waals surface area contributed by atoms with Gasteiger partial charge < -0.3 is 5.11 Å². The van der Waals surface area contributed by atoms with Gasteiger partial charge in [-0.25, -0.2) is 0 Å². The summed E-state index contributed by atoms with van der Waals surface area (Å²) >= 11 is 0. The van der Waals surface area contributed by atoms with E-state index in [4.69, 9.17) is 5.11 Å². The Bertz CT molecular complexity index is 15.5. The molecule has 0 unspecified atom stereocenters. The summed E-state index contributed by atoms with van der Waals surface area (Å²) in [6.07, 6.45) is -0.167. The molecule has 0 rings (SSSR count). The Kier molecular flexibility index (Phi) is 24.9. The Morgan fingerprint density at radius 2 is 1.33 bits per heavy atom. The lowest BCUT2D eigenvalue weighted by Crippen LogP contribution is -1.85. The third-order valence-electron chi connectivity index (χ3n) is 0. The molecule has 0 aromatic heterocycles. The summed E-state index contributed by atoms with van der Waals surface area (Å²) in [5.41, 5.74) is 0. The molecule has 0 amide bonds. The van der Waals surface area contributed by atoms with Crippen LogP contribution in [-0.4, -0.2) is 51.6 Å². The van der Waals surface area contributed by atoms with Crippen molar-refractivity contribution in [3.05, 3.63) is 0 Å². The van der Waals surface area contributed by atoms with Crippen LogP contribution in [0, 0.1) is 0 Å². The Hall–Kier alpha value is 1.26. The lowest BCUT2D eigenvalue weighted by Gasteiger charge is -1.80. The molecule has 0 radical (unpaired) electrons. The first kappa shape index (κ1) is 15.7. The molecular weight excluding hydrogens is 103 g/mol. The molecule has 36 valence electrons. The molecule has 0 aromatic carbocycles. The summed E-state index contributed by atoms with van der Waals surface area (Å²) in [4.78, 5) is 0. The largest absolute Gasteiger partial charge is 0.394 e. The molecule has 3 heteroatoms. The van der Waals surface area contributed by atoms with Gasteiger partial charge in [-0.1, -0.05) is 0 Å². The van der Waals surface area contributed by atoms with Gasteiger partial charge in [0.15, 0.2) is 17.4 Å². The molecule has 0 aliphatic carbocycles. The number of aliphatic hydroxyl groups is 1. The number of hydrogen-bond donors (Lipinski definition) is 1. The van der Waals surface area contributed by atoms with Gasteiger partial charge >= 0.3 is 23.1 Å². The van der Waals surface area contributed by atoms with Crippen LogP contribution in [0.15, 0.2) is 0 Å². The Morgan fingerprint density at radius 1 is 1.33 bits per heavy atom. The zero-order chi connectivity index (χ0) is 3.58. The highest BCUT2D eigenvalue weighted by atomic mass is 27.0. The fourth-order valence-corrected chi connectivity index (χ4v) is 0. The van der Waals surface area contributed by atoms with Gasteiger partial charge in [-0.3, -0.25) is 0 Å². The molecule has 0 bridgehead atoms. The fraction of sp³-hybridized carbons (Fsp3) is 1.00. The molecule has 0 aliphatic rings. The van der Waals surface area contributed by atoms with Crippen LogP contribution in [0.25, 0.3) is 0 Å². The van der Waals surface area contributed by atoms with Crippen LogP contribution in [0.5, 0.6) is 0 Å². The number of hydrogen-bond acceptors (Lipinski definition) is 1. The minimum atomic E-state index is -0.167. The van der Waals surface area contributed by atoms with Crippen LogP contribution in [0.1, 0.15) is 13.8 Å². The molecule has 0 aliphatic heterocycles. The van der Waals surface area contributed by atoms with E-state index in [1.54, 1.807) is 13.8 Å². The van der Waals surface area contributed by atoms with Gasteiger partial charge in [0.1, 0.15) is 0 Å². The topological polar surface area (TPSA) is 20.2 Å². The first-order chi connectivity index (χ1) is 1.73. The van der Waals surface area contributed by atoms with Crippen molar-refractivity contribution in [2.24, 2.45) is 0 Å². The third-order valence-corrected chi connectivity index (χ3v) is 0. The van der Waals surface area contributed by atoms with Crippen molar-refractivity contribution in [1.82, 2.24) is 0 Å². The van der Waals surface area contributed by atoms with E-state index in [2.05, 4.69) is 0 Å². The minimum Gasteiger partial charge on any atom is -0.394 e.